The van der Waals surface area contributed by atoms with Crippen molar-refractivity contribution in [1.29, 1.82) is 0 Å². The number of anilines is 1. The van der Waals surface area contributed by atoms with Gasteiger partial charge in [-0.3, -0.25) is 14.5 Å². The number of imide groups is 1. The van der Waals surface area contributed by atoms with Gasteiger partial charge in [-0.15, -0.1) is 0 Å². The predicted molar refractivity (Wildman–Crippen MR) is 87.6 cm³/mol. The second kappa shape index (κ2) is 6.72. The van der Waals surface area contributed by atoms with Crippen LogP contribution in [0.4, 0.5) is 5.69 Å². The van der Waals surface area contributed by atoms with Crippen LogP contribution in [-0.4, -0.2) is 60.4 Å². The van der Waals surface area contributed by atoms with Gasteiger partial charge in [0.2, 0.25) is 5.91 Å². The van der Waals surface area contributed by atoms with Crippen LogP contribution in [0.3, 0.4) is 0 Å². The van der Waals surface area contributed by atoms with Crippen LogP contribution in [0.2, 0.25) is 0 Å². The normalized spacial score (nSPS) is 22.5. The van der Waals surface area contributed by atoms with Gasteiger partial charge in [0, 0.05) is 24.6 Å². The van der Waals surface area contributed by atoms with Crippen LogP contribution in [0.5, 0.6) is 0 Å². The fraction of sp³-hybridized carbons (Fsp3) is 0.438. The molecule has 7 heteroatoms. The monoisotopic (exact) mass is 334 g/mol. The van der Waals surface area contributed by atoms with Crippen LogP contribution in [-0.2, 0) is 14.3 Å². The van der Waals surface area contributed by atoms with Crippen LogP contribution >= 0.6 is 11.8 Å². The number of carbonyl (C=O) groups is 3. The van der Waals surface area contributed by atoms with E-state index in [2.05, 4.69) is 9.64 Å². The molecule has 2 saturated heterocycles. The number of ether oxygens (including phenoxy) is 1. The van der Waals surface area contributed by atoms with Gasteiger partial charge in [0.25, 0.3) is 5.91 Å². The third-order valence-electron chi connectivity index (χ3n) is 4.16. The third kappa shape index (κ3) is 3.11. The van der Waals surface area contributed by atoms with Crippen LogP contribution in [0.25, 0.3) is 0 Å². The van der Waals surface area contributed by atoms with Gasteiger partial charge < -0.3 is 4.74 Å². The lowest BCUT2D eigenvalue weighted by Gasteiger charge is -2.30. The minimum absolute atomic E-state index is 0.173. The number of nitrogens with zero attached hydrogens (tertiary/aromatic N) is 2. The average molecular weight is 334 g/mol. The summed E-state index contributed by atoms with van der Waals surface area (Å²) in [6.07, 6.45) is 0.224. The van der Waals surface area contributed by atoms with Crippen molar-refractivity contribution in [3.63, 3.8) is 0 Å². The number of esters is 1. The Hall–Kier alpha value is -1.86. The molecular weight excluding hydrogens is 316 g/mol. The molecule has 1 aromatic rings. The van der Waals surface area contributed by atoms with Crippen molar-refractivity contribution in [2.45, 2.75) is 12.5 Å². The van der Waals surface area contributed by atoms with Gasteiger partial charge in [0.15, 0.2) is 0 Å². The molecule has 1 aromatic carbocycles. The topological polar surface area (TPSA) is 66.9 Å². The highest BCUT2D eigenvalue weighted by molar-refractivity contribution is 7.99. The van der Waals surface area contributed by atoms with Gasteiger partial charge in [0.05, 0.1) is 30.8 Å². The third-order valence-corrected chi connectivity index (χ3v) is 5.10. The van der Waals surface area contributed by atoms with E-state index < -0.39 is 5.97 Å². The summed E-state index contributed by atoms with van der Waals surface area (Å²) < 4.78 is 4.65. The van der Waals surface area contributed by atoms with Crippen LogP contribution in [0.15, 0.2) is 24.3 Å². The number of hydrogen-bond donors (Lipinski definition) is 0. The first-order valence-electron chi connectivity index (χ1n) is 7.49. The van der Waals surface area contributed by atoms with Gasteiger partial charge in [-0.2, -0.15) is 11.8 Å². The number of methoxy groups -OCH3 is 1. The quantitative estimate of drug-likeness (QED) is 0.610. The highest BCUT2D eigenvalue weighted by Gasteiger charge is 2.42. The molecule has 0 saturated carbocycles. The Bertz CT molecular complexity index is 625. The Kier molecular flexibility index (Phi) is 4.68. The molecule has 2 aliphatic rings. The molecule has 2 amide bonds. The van der Waals surface area contributed by atoms with Gasteiger partial charge in [-0.05, 0) is 24.3 Å². The molecule has 0 aliphatic carbocycles. The van der Waals surface area contributed by atoms with Gasteiger partial charge in [-0.25, -0.2) is 9.69 Å². The fourth-order valence-corrected chi connectivity index (χ4v) is 3.86. The van der Waals surface area contributed by atoms with E-state index in [9.17, 15) is 14.4 Å². The zero-order valence-electron chi connectivity index (χ0n) is 12.9. The average Bonchev–Trinajstić information content (AvgIpc) is 2.89. The molecule has 0 aromatic heterocycles. The van der Waals surface area contributed by atoms with Crippen molar-refractivity contribution < 1.29 is 19.1 Å². The lowest BCUT2D eigenvalue weighted by molar-refractivity contribution is -0.122. The highest BCUT2D eigenvalue weighted by atomic mass is 32.2. The van der Waals surface area contributed by atoms with Crippen molar-refractivity contribution in [3.8, 4) is 0 Å². The fourth-order valence-electron chi connectivity index (χ4n) is 2.93. The van der Waals surface area contributed by atoms with Gasteiger partial charge >= 0.3 is 5.97 Å². The molecule has 1 atom stereocenters. The molecule has 122 valence electrons. The van der Waals surface area contributed by atoms with Crippen molar-refractivity contribution in [2.24, 2.45) is 0 Å². The second-order valence-electron chi connectivity index (χ2n) is 5.47. The molecule has 2 fully saturated rings. The van der Waals surface area contributed by atoms with Crippen molar-refractivity contribution >= 4 is 35.2 Å². The Balaban J connectivity index is 1.78. The molecule has 3 rings (SSSR count). The Morgan fingerprint density at radius 2 is 1.83 bits per heavy atom. The van der Waals surface area contributed by atoms with E-state index in [1.54, 1.807) is 24.3 Å². The SMILES string of the molecule is COC(=O)c1ccc(N2C(=O)C[C@@H](N3CCSCC3)C2=O)cc1. The predicted octanol–water partition coefficient (Wildman–Crippen LogP) is 1.15. The van der Waals surface area contributed by atoms with E-state index in [1.807, 2.05) is 11.8 Å². The lowest BCUT2D eigenvalue weighted by Crippen LogP contribution is -2.45. The Morgan fingerprint density at radius 1 is 1.17 bits per heavy atom. The van der Waals surface area contributed by atoms with Crippen LogP contribution in [0, 0.1) is 0 Å². The maximum atomic E-state index is 12.7. The molecule has 0 spiro atoms. The van der Waals surface area contributed by atoms with Crippen molar-refractivity contribution in [3.05, 3.63) is 29.8 Å². The van der Waals surface area contributed by atoms with E-state index in [-0.39, 0.29) is 24.3 Å². The minimum Gasteiger partial charge on any atom is -0.465 e. The maximum Gasteiger partial charge on any atom is 0.337 e. The number of rotatable bonds is 3. The van der Waals surface area contributed by atoms with Crippen molar-refractivity contribution in [1.82, 2.24) is 4.90 Å². The first kappa shape index (κ1) is 16.0. The standard InChI is InChI=1S/C16H18N2O4S/c1-22-16(21)11-2-4-12(5-3-11)18-14(19)10-13(15(18)20)17-6-8-23-9-7-17/h2-5,13H,6-10H2,1H3/t13-/m1/s1. The molecule has 0 N–H and O–H groups in total. The number of carbonyl (C=O) groups excluding carboxylic acids is 3. The van der Waals surface area contributed by atoms with E-state index in [1.165, 1.54) is 12.0 Å². The summed E-state index contributed by atoms with van der Waals surface area (Å²) in [5, 5.41) is 0. The van der Waals surface area contributed by atoms with E-state index in [0.29, 0.717) is 11.3 Å². The molecule has 2 heterocycles. The van der Waals surface area contributed by atoms with Crippen LogP contribution < -0.4 is 4.90 Å². The second-order valence-corrected chi connectivity index (χ2v) is 6.70. The largest absolute Gasteiger partial charge is 0.465 e. The van der Waals surface area contributed by atoms with E-state index in [4.69, 9.17) is 0 Å². The molecule has 0 unspecified atom stereocenters. The molecule has 6 nitrogen and oxygen atoms in total. The summed E-state index contributed by atoms with van der Waals surface area (Å²) in [5.41, 5.74) is 0.890. The zero-order valence-corrected chi connectivity index (χ0v) is 13.7. The summed E-state index contributed by atoms with van der Waals surface area (Å²) in [4.78, 5) is 39.7. The Morgan fingerprint density at radius 3 is 2.43 bits per heavy atom. The van der Waals surface area contributed by atoms with Crippen molar-refractivity contribution in [2.75, 3.05) is 36.6 Å². The first-order chi connectivity index (χ1) is 11.1. The van der Waals surface area contributed by atoms with Gasteiger partial charge in [0.1, 0.15) is 0 Å². The number of hydrogen-bond acceptors (Lipinski definition) is 6. The summed E-state index contributed by atoms with van der Waals surface area (Å²) in [5.74, 6) is 1.17. The number of benzene rings is 1. The summed E-state index contributed by atoms with van der Waals surface area (Å²) in [6, 6.07) is 5.98. The minimum atomic E-state index is -0.445. The van der Waals surface area contributed by atoms with Gasteiger partial charge in [-0.1, -0.05) is 0 Å². The van der Waals surface area contributed by atoms with Crippen LogP contribution in [0.1, 0.15) is 16.8 Å². The maximum absolute atomic E-state index is 12.7. The molecule has 2 aliphatic heterocycles. The number of amides is 2. The number of thioether (sulfide) groups is 1. The molecular formula is C16H18N2O4S. The Labute approximate surface area is 138 Å². The lowest BCUT2D eigenvalue weighted by atomic mass is 10.2. The van der Waals surface area contributed by atoms with E-state index >= 15 is 0 Å². The summed E-state index contributed by atoms with van der Waals surface area (Å²) >= 11 is 1.87. The van der Waals surface area contributed by atoms with E-state index in [0.717, 1.165) is 24.6 Å². The molecule has 23 heavy (non-hydrogen) atoms. The highest BCUT2D eigenvalue weighted by Crippen LogP contribution is 2.27. The molecule has 0 radical (unpaired) electrons. The molecule has 0 bridgehead atoms. The summed E-state index contributed by atoms with van der Waals surface area (Å²) in [6.45, 7) is 1.67. The zero-order chi connectivity index (χ0) is 16.4. The smallest absolute Gasteiger partial charge is 0.337 e. The first-order valence-corrected chi connectivity index (χ1v) is 8.64. The summed E-state index contributed by atoms with van der Waals surface area (Å²) in [7, 11) is 1.31.